The lowest BCUT2D eigenvalue weighted by molar-refractivity contribution is -0.150. The van der Waals surface area contributed by atoms with Crippen LogP contribution in [-0.2, 0) is 9.53 Å². The molecule has 1 aliphatic carbocycles. The number of rotatable bonds is 1. The molecule has 0 saturated carbocycles. The van der Waals surface area contributed by atoms with Crippen molar-refractivity contribution in [3.63, 3.8) is 0 Å². The molecule has 0 fully saturated rings. The highest BCUT2D eigenvalue weighted by molar-refractivity contribution is 5.66. The first kappa shape index (κ1) is 9.26. The Morgan fingerprint density at radius 3 is 3.08 bits per heavy atom. The molecular weight excluding hydrogens is 156 g/mol. The zero-order chi connectivity index (χ0) is 8.97. The molecule has 2 atom stereocenters. The Kier molecular flexibility index (Phi) is 3.29. The molecule has 1 N–H and O–H groups in total. The van der Waals surface area contributed by atoms with Crippen LogP contribution in [0.15, 0.2) is 12.2 Å². The Labute approximate surface area is 72.0 Å². The summed E-state index contributed by atoms with van der Waals surface area (Å²) in [7, 11) is 0. The van der Waals surface area contributed by atoms with Crippen LogP contribution in [0.25, 0.3) is 0 Å². The maximum Gasteiger partial charge on any atom is 0.303 e. The molecule has 2 unspecified atom stereocenters. The van der Waals surface area contributed by atoms with Gasteiger partial charge >= 0.3 is 5.97 Å². The number of aliphatic hydroxyl groups is 1. The van der Waals surface area contributed by atoms with E-state index in [-0.39, 0.29) is 12.1 Å². The van der Waals surface area contributed by atoms with Crippen LogP contribution in [0.2, 0.25) is 0 Å². The fraction of sp³-hybridized carbons (Fsp3) is 0.667. The van der Waals surface area contributed by atoms with E-state index in [4.69, 9.17) is 4.74 Å². The summed E-state index contributed by atoms with van der Waals surface area (Å²) in [6.07, 6.45) is 5.31. The second kappa shape index (κ2) is 4.26. The Morgan fingerprint density at radius 1 is 1.67 bits per heavy atom. The number of carbonyl (C=O) groups is 1. The van der Waals surface area contributed by atoms with Gasteiger partial charge in [-0.15, -0.1) is 0 Å². The van der Waals surface area contributed by atoms with Crippen LogP contribution in [0.5, 0.6) is 0 Å². The van der Waals surface area contributed by atoms with E-state index in [2.05, 4.69) is 0 Å². The monoisotopic (exact) mass is 170 g/mol. The van der Waals surface area contributed by atoms with Gasteiger partial charge in [-0.25, -0.2) is 0 Å². The van der Waals surface area contributed by atoms with Gasteiger partial charge in [-0.2, -0.15) is 0 Å². The molecule has 1 rings (SSSR count). The summed E-state index contributed by atoms with van der Waals surface area (Å²) in [4.78, 5) is 10.6. The molecule has 0 saturated heterocycles. The molecule has 0 aromatic rings. The molecular formula is C9H14O3. The number of aliphatic hydroxyl groups excluding tert-OH is 1. The molecule has 0 heterocycles. The first-order valence-corrected chi connectivity index (χ1v) is 4.22. The first-order chi connectivity index (χ1) is 5.70. The minimum atomic E-state index is -0.628. The van der Waals surface area contributed by atoms with Gasteiger partial charge in [0.15, 0.2) is 0 Å². The second-order valence-corrected chi connectivity index (χ2v) is 3.00. The van der Waals surface area contributed by atoms with Gasteiger partial charge < -0.3 is 9.84 Å². The second-order valence-electron chi connectivity index (χ2n) is 3.00. The summed E-state index contributed by atoms with van der Waals surface area (Å²) in [6.45, 7) is 1.36. The first-order valence-electron chi connectivity index (χ1n) is 4.22. The standard InChI is InChI=1S/C9H14O3/c1-7(10)12-9-6-4-2-3-5-8(9)11/h3,5,8-9,11H,2,4,6H2,1H3. The number of hydrogen-bond donors (Lipinski definition) is 1. The van der Waals surface area contributed by atoms with Gasteiger partial charge in [-0.05, 0) is 19.3 Å². The zero-order valence-electron chi connectivity index (χ0n) is 7.19. The predicted octanol–water partition coefficient (Wildman–Crippen LogP) is 1.02. The van der Waals surface area contributed by atoms with Gasteiger partial charge in [0.1, 0.15) is 12.2 Å². The summed E-state index contributed by atoms with van der Waals surface area (Å²) in [5.74, 6) is -0.325. The molecule has 0 spiro atoms. The highest BCUT2D eigenvalue weighted by Crippen LogP contribution is 2.15. The van der Waals surface area contributed by atoms with Gasteiger partial charge in [-0.1, -0.05) is 12.2 Å². The summed E-state index contributed by atoms with van der Waals surface area (Å²) < 4.78 is 4.94. The molecule has 0 aromatic carbocycles. The highest BCUT2D eigenvalue weighted by Gasteiger charge is 2.20. The smallest absolute Gasteiger partial charge is 0.303 e. The molecule has 1 aliphatic rings. The van der Waals surface area contributed by atoms with E-state index >= 15 is 0 Å². The molecule has 0 bridgehead atoms. The number of ether oxygens (including phenoxy) is 1. The van der Waals surface area contributed by atoms with Crippen LogP contribution in [0.1, 0.15) is 26.2 Å². The molecule has 0 radical (unpaired) electrons. The molecule has 0 aliphatic heterocycles. The van der Waals surface area contributed by atoms with Crippen LogP contribution in [0.3, 0.4) is 0 Å². The van der Waals surface area contributed by atoms with Crippen molar-refractivity contribution in [3.05, 3.63) is 12.2 Å². The van der Waals surface area contributed by atoms with Crippen molar-refractivity contribution in [2.45, 2.75) is 38.4 Å². The molecule has 0 aromatic heterocycles. The van der Waals surface area contributed by atoms with Crippen molar-refractivity contribution in [1.82, 2.24) is 0 Å². The van der Waals surface area contributed by atoms with E-state index in [1.807, 2.05) is 6.08 Å². The maximum atomic E-state index is 10.6. The van der Waals surface area contributed by atoms with Crippen LogP contribution < -0.4 is 0 Å². The quantitative estimate of drug-likeness (QED) is 0.472. The van der Waals surface area contributed by atoms with Crippen LogP contribution in [0.4, 0.5) is 0 Å². The van der Waals surface area contributed by atoms with Gasteiger partial charge in [0.2, 0.25) is 0 Å². The SMILES string of the molecule is CC(=O)OC1CCCC=CC1O. The lowest BCUT2D eigenvalue weighted by Gasteiger charge is -2.18. The zero-order valence-corrected chi connectivity index (χ0v) is 7.19. The fourth-order valence-corrected chi connectivity index (χ4v) is 1.31. The Hall–Kier alpha value is -0.830. The molecule has 12 heavy (non-hydrogen) atoms. The number of allylic oxidation sites excluding steroid dienone is 1. The van der Waals surface area contributed by atoms with Gasteiger partial charge in [0, 0.05) is 6.92 Å². The minimum absolute atomic E-state index is 0.325. The predicted molar refractivity (Wildman–Crippen MR) is 44.6 cm³/mol. The van der Waals surface area contributed by atoms with E-state index in [1.165, 1.54) is 6.92 Å². The van der Waals surface area contributed by atoms with Gasteiger partial charge in [0.25, 0.3) is 0 Å². The minimum Gasteiger partial charge on any atom is -0.459 e. The van der Waals surface area contributed by atoms with Gasteiger partial charge in [-0.3, -0.25) is 4.79 Å². The van der Waals surface area contributed by atoms with E-state index in [9.17, 15) is 9.90 Å². The normalized spacial score (nSPS) is 29.5. The van der Waals surface area contributed by atoms with Crippen molar-refractivity contribution in [2.24, 2.45) is 0 Å². The Morgan fingerprint density at radius 2 is 2.42 bits per heavy atom. The lowest BCUT2D eigenvalue weighted by Crippen LogP contribution is -2.28. The number of esters is 1. The molecule has 3 nitrogen and oxygen atoms in total. The molecule has 0 amide bonds. The summed E-state index contributed by atoms with van der Waals surface area (Å²) in [5.41, 5.74) is 0. The number of carbonyl (C=O) groups excluding carboxylic acids is 1. The Balaban J connectivity index is 2.49. The summed E-state index contributed by atoms with van der Waals surface area (Å²) in [6, 6.07) is 0. The third-order valence-corrected chi connectivity index (χ3v) is 1.89. The fourth-order valence-electron chi connectivity index (χ4n) is 1.31. The van der Waals surface area contributed by atoms with Crippen molar-refractivity contribution < 1.29 is 14.6 Å². The maximum absolute atomic E-state index is 10.6. The summed E-state index contributed by atoms with van der Waals surface area (Å²) in [5, 5.41) is 9.43. The van der Waals surface area contributed by atoms with Crippen molar-refractivity contribution in [2.75, 3.05) is 0 Å². The molecule has 3 heteroatoms. The number of hydrogen-bond acceptors (Lipinski definition) is 3. The Bertz CT molecular complexity index is 186. The van der Waals surface area contributed by atoms with Crippen molar-refractivity contribution >= 4 is 5.97 Å². The highest BCUT2D eigenvalue weighted by atomic mass is 16.6. The van der Waals surface area contributed by atoms with Crippen LogP contribution >= 0.6 is 0 Å². The van der Waals surface area contributed by atoms with E-state index < -0.39 is 6.10 Å². The average molecular weight is 170 g/mol. The lowest BCUT2D eigenvalue weighted by atomic mass is 10.1. The topological polar surface area (TPSA) is 46.5 Å². The third kappa shape index (κ3) is 2.66. The third-order valence-electron chi connectivity index (χ3n) is 1.89. The van der Waals surface area contributed by atoms with Gasteiger partial charge in [0.05, 0.1) is 0 Å². The van der Waals surface area contributed by atoms with Crippen molar-refractivity contribution in [1.29, 1.82) is 0 Å². The van der Waals surface area contributed by atoms with Crippen LogP contribution in [0, 0.1) is 0 Å². The van der Waals surface area contributed by atoms with Crippen molar-refractivity contribution in [3.8, 4) is 0 Å². The molecule has 68 valence electrons. The van der Waals surface area contributed by atoms with Crippen LogP contribution in [-0.4, -0.2) is 23.3 Å². The van der Waals surface area contributed by atoms with E-state index in [0.717, 1.165) is 19.3 Å². The average Bonchev–Trinajstić information content (AvgIpc) is 2.16. The van der Waals surface area contributed by atoms with E-state index in [1.54, 1.807) is 6.08 Å². The largest absolute Gasteiger partial charge is 0.459 e. The summed E-state index contributed by atoms with van der Waals surface area (Å²) >= 11 is 0. The van der Waals surface area contributed by atoms with E-state index in [0.29, 0.717) is 0 Å².